The number of aryl methyl sites for hydroxylation is 1. The first-order valence-corrected chi connectivity index (χ1v) is 11.2. The molecule has 5 nitrogen and oxygen atoms in total. The van der Waals surface area contributed by atoms with E-state index in [2.05, 4.69) is 34.3 Å². The highest BCUT2D eigenvalue weighted by Gasteiger charge is 2.38. The number of piperidine rings is 1. The van der Waals surface area contributed by atoms with E-state index in [1.54, 1.807) is 24.3 Å². The van der Waals surface area contributed by atoms with Crippen molar-refractivity contribution in [2.45, 2.75) is 43.0 Å². The van der Waals surface area contributed by atoms with Crippen LogP contribution in [0.25, 0.3) is 10.9 Å². The van der Waals surface area contributed by atoms with Crippen molar-refractivity contribution in [3.63, 3.8) is 0 Å². The van der Waals surface area contributed by atoms with E-state index < -0.39 is 10.1 Å². The van der Waals surface area contributed by atoms with Crippen LogP contribution < -0.4 is 0 Å². The molecule has 0 bridgehead atoms. The molecular formula is C22H24N2O3S. The molecule has 0 radical (unpaired) electrons. The number of likely N-dealkylation sites (tertiary alicyclic amines) is 1. The fourth-order valence-electron chi connectivity index (χ4n) is 4.81. The number of aromatic amines is 1. The second-order valence-corrected chi connectivity index (χ2v) is 9.55. The molecule has 0 spiro atoms. The minimum Gasteiger partial charge on any atom is -0.361 e. The second kappa shape index (κ2) is 6.72. The fraction of sp³-hybridized carbons (Fsp3) is 0.364. The summed E-state index contributed by atoms with van der Waals surface area (Å²) in [5.41, 5.74) is 4.93. The summed E-state index contributed by atoms with van der Waals surface area (Å²) in [7, 11) is -3.75. The molecule has 1 saturated heterocycles. The summed E-state index contributed by atoms with van der Waals surface area (Å²) in [6.07, 6.45) is 5.21. The lowest BCUT2D eigenvalue weighted by Gasteiger charge is -2.43. The van der Waals surface area contributed by atoms with E-state index in [1.807, 2.05) is 6.92 Å². The summed E-state index contributed by atoms with van der Waals surface area (Å²) in [6.45, 7) is 2.90. The molecule has 0 amide bonds. The van der Waals surface area contributed by atoms with Gasteiger partial charge < -0.3 is 4.98 Å². The smallest absolute Gasteiger partial charge is 0.298 e. The summed E-state index contributed by atoms with van der Waals surface area (Å²) in [6, 6.07) is 13.5. The Morgan fingerprint density at radius 2 is 2.00 bits per heavy atom. The van der Waals surface area contributed by atoms with Crippen LogP contribution in [0.5, 0.6) is 0 Å². The Morgan fingerprint density at radius 3 is 2.82 bits per heavy atom. The largest absolute Gasteiger partial charge is 0.361 e. The Kier molecular flexibility index (Phi) is 4.30. The number of rotatable bonds is 4. The summed E-state index contributed by atoms with van der Waals surface area (Å²) >= 11 is 0. The van der Waals surface area contributed by atoms with Crippen LogP contribution in [-0.2, 0) is 20.7 Å². The van der Waals surface area contributed by atoms with Gasteiger partial charge in [-0.3, -0.25) is 9.08 Å². The van der Waals surface area contributed by atoms with Gasteiger partial charge in [-0.1, -0.05) is 29.8 Å². The summed E-state index contributed by atoms with van der Waals surface area (Å²) in [5, 5.41) is 1.36. The summed E-state index contributed by atoms with van der Waals surface area (Å²) < 4.78 is 30.7. The third kappa shape index (κ3) is 2.96. The number of aromatic nitrogens is 1. The van der Waals surface area contributed by atoms with Crippen molar-refractivity contribution in [3.8, 4) is 0 Å². The minimum atomic E-state index is -3.75. The molecule has 0 saturated carbocycles. The van der Waals surface area contributed by atoms with Gasteiger partial charge in [-0.2, -0.15) is 8.42 Å². The number of fused-ring (bicyclic) bond motifs is 2. The summed E-state index contributed by atoms with van der Waals surface area (Å²) in [5.74, 6) is 0.423. The zero-order valence-corrected chi connectivity index (χ0v) is 16.7. The first-order valence-electron chi connectivity index (χ1n) is 9.82. The van der Waals surface area contributed by atoms with Gasteiger partial charge in [0.15, 0.2) is 0 Å². The molecule has 2 atom stereocenters. The average Bonchev–Trinajstić information content (AvgIpc) is 3.11. The molecule has 1 aliphatic heterocycles. The van der Waals surface area contributed by atoms with Crippen LogP contribution in [0.1, 0.15) is 35.4 Å². The Balaban J connectivity index is 1.38. The van der Waals surface area contributed by atoms with Crippen molar-refractivity contribution in [3.05, 3.63) is 65.4 Å². The number of nitrogens with zero attached hydrogens (tertiary/aromatic N) is 1. The van der Waals surface area contributed by atoms with Crippen LogP contribution in [0.15, 0.2) is 53.6 Å². The van der Waals surface area contributed by atoms with E-state index >= 15 is 0 Å². The monoisotopic (exact) mass is 396 g/mol. The van der Waals surface area contributed by atoms with Gasteiger partial charge in [0.25, 0.3) is 10.1 Å². The van der Waals surface area contributed by atoms with Crippen LogP contribution in [0.4, 0.5) is 0 Å². The van der Waals surface area contributed by atoms with Gasteiger partial charge in [-0.15, -0.1) is 0 Å². The van der Waals surface area contributed by atoms with Crippen LogP contribution >= 0.6 is 0 Å². The third-order valence-electron chi connectivity index (χ3n) is 6.23. The van der Waals surface area contributed by atoms with Crippen LogP contribution in [0.2, 0.25) is 0 Å². The first-order chi connectivity index (χ1) is 13.5. The van der Waals surface area contributed by atoms with E-state index in [0.29, 0.717) is 5.92 Å². The quantitative estimate of drug-likeness (QED) is 0.679. The second-order valence-electron chi connectivity index (χ2n) is 7.93. The standard InChI is InChI=1S/C22H24N2O3S/c1-15-7-9-17(10-8-15)28(25,26)27-14-24-11-3-5-18-19-4-2-6-20-22(19)16(13-23-20)12-21(18)24/h2,4,6-10,13,18,21,23H,3,5,11-12,14H2,1H3/t18-,21-/m1/s1. The molecule has 1 fully saturated rings. The highest BCUT2D eigenvalue weighted by Crippen LogP contribution is 2.43. The zero-order chi connectivity index (χ0) is 19.3. The van der Waals surface area contributed by atoms with Gasteiger partial charge in [0.2, 0.25) is 0 Å². The van der Waals surface area contributed by atoms with Crippen LogP contribution in [0.3, 0.4) is 0 Å². The molecule has 2 aliphatic rings. The van der Waals surface area contributed by atoms with Gasteiger partial charge >= 0.3 is 0 Å². The van der Waals surface area contributed by atoms with Crippen molar-refractivity contribution >= 4 is 21.0 Å². The lowest BCUT2D eigenvalue weighted by atomic mass is 9.75. The van der Waals surface area contributed by atoms with Gasteiger partial charge in [0, 0.05) is 35.6 Å². The van der Waals surface area contributed by atoms with Gasteiger partial charge in [0.05, 0.1) is 4.90 Å². The summed E-state index contributed by atoms with van der Waals surface area (Å²) in [4.78, 5) is 5.80. The minimum absolute atomic E-state index is 0.104. The van der Waals surface area contributed by atoms with Crippen molar-refractivity contribution in [1.82, 2.24) is 9.88 Å². The molecule has 2 heterocycles. The Morgan fingerprint density at radius 1 is 1.18 bits per heavy atom. The van der Waals surface area contributed by atoms with E-state index in [9.17, 15) is 8.42 Å². The molecule has 6 heteroatoms. The normalized spacial score (nSPS) is 22.3. The molecule has 1 aromatic heterocycles. The molecule has 5 rings (SSSR count). The maximum absolute atomic E-state index is 12.6. The number of benzene rings is 2. The molecular weight excluding hydrogens is 372 g/mol. The lowest BCUT2D eigenvalue weighted by Crippen LogP contribution is -2.47. The molecule has 28 heavy (non-hydrogen) atoms. The highest BCUT2D eigenvalue weighted by atomic mass is 32.2. The van der Waals surface area contributed by atoms with E-state index in [-0.39, 0.29) is 17.7 Å². The Labute approximate surface area is 165 Å². The number of hydrogen-bond acceptors (Lipinski definition) is 4. The maximum Gasteiger partial charge on any atom is 0.298 e. The molecule has 1 N–H and O–H groups in total. The first kappa shape index (κ1) is 17.9. The molecule has 0 unspecified atom stereocenters. The molecule has 1 aliphatic carbocycles. The van der Waals surface area contributed by atoms with Crippen molar-refractivity contribution in [2.75, 3.05) is 13.3 Å². The molecule has 3 aromatic rings. The van der Waals surface area contributed by atoms with Gasteiger partial charge in [-0.05, 0) is 55.5 Å². The van der Waals surface area contributed by atoms with Crippen molar-refractivity contribution in [2.24, 2.45) is 0 Å². The SMILES string of the molecule is Cc1ccc(S(=O)(=O)OCN2CCC[C@@H]3c4cccc5[nH]cc(c45)C[C@H]32)cc1. The van der Waals surface area contributed by atoms with Gasteiger partial charge in [-0.25, -0.2) is 0 Å². The predicted molar refractivity (Wildman–Crippen MR) is 109 cm³/mol. The highest BCUT2D eigenvalue weighted by molar-refractivity contribution is 7.86. The van der Waals surface area contributed by atoms with Crippen LogP contribution in [0, 0.1) is 6.92 Å². The predicted octanol–water partition coefficient (Wildman–Crippen LogP) is 3.94. The Hall–Kier alpha value is -2.15. The topological polar surface area (TPSA) is 62.4 Å². The molecule has 2 aromatic carbocycles. The third-order valence-corrected chi connectivity index (χ3v) is 7.49. The average molecular weight is 397 g/mol. The number of H-pyrrole nitrogens is 1. The molecule has 146 valence electrons. The van der Waals surface area contributed by atoms with E-state index in [1.165, 1.54) is 22.0 Å². The van der Waals surface area contributed by atoms with Crippen molar-refractivity contribution in [1.29, 1.82) is 0 Å². The lowest BCUT2D eigenvalue weighted by molar-refractivity contribution is 0.0481. The van der Waals surface area contributed by atoms with Crippen LogP contribution in [-0.4, -0.2) is 37.6 Å². The van der Waals surface area contributed by atoms with E-state index in [0.717, 1.165) is 31.4 Å². The maximum atomic E-state index is 12.6. The Bertz CT molecular complexity index is 1120. The van der Waals surface area contributed by atoms with E-state index in [4.69, 9.17) is 4.18 Å². The number of nitrogens with one attached hydrogen (secondary N) is 1. The number of hydrogen-bond donors (Lipinski definition) is 1. The van der Waals surface area contributed by atoms with Gasteiger partial charge in [0.1, 0.15) is 6.73 Å². The fourth-order valence-corrected chi connectivity index (χ4v) is 5.69. The zero-order valence-electron chi connectivity index (χ0n) is 15.9. The van der Waals surface area contributed by atoms with Crippen molar-refractivity contribution < 1.29 is 12.6 Å².